The highest BCUT2D eigenvalue weighted by atomic mass is 35.5. The number of halogens is 1. The molecule has 0 bridgehead atoms. The van der Waals surface area contributed by atoms with Crippen LogP contribution in [0.3, 0.4) is 0 Å². The summed E-state index contributed by atoms with van der Waals surface area (Å²) in [4.78, 5) is 37.9. The summed E-state index contributed by atoms with van der Waals surface area (Å²) in [5.41, 5.74) is 2.54. The summed E-state index contributed by atoms with van der Waals surface area (Å²) >= 11 is 5.91. The Morgan fingerprint density at radius 1 is 1.21 bits per heavy atom. The predicted octanol–water partition coefficient (Wildman–Crippen LogP) is 4.12. The Labute approximate surface area is 194 Å². The van der Waals surface area contributed by atoms with E-state index in [4.69, 9.17) is 21.0 Å². The second-order valence-corrected chi connectivity index (χ2v) is 8.71. The molecule has 4 heterocycles. The van der Waals surface area contributed by atoms with Crippen LogP contribution in [0, 0.1) is 10.1 Å². The minimum Gasteiger partial charge on any atom is -0.459 e. The zero-order valence-corrected chi connectivity index (χ0v) is 18.6. The summed E-state index contributed by atoms with van der Waals surface area (Å²) in [7, 11) is 0. The molecule has 33 heavy (non-hydrogen) atoms. The van der Waals surface area contributed by atoms with Gasteiger partial charge in [-0.05, 0) is 43.5 Å². The predicted molar refractivity (Wildman–Crippen MR) is 124 cm³/mol. The summed E-state index contributed by atoms with van der Waals surface area (Å²) in [6, 6.07) is 8.01. The lowest BCUT2D eigenvalue weighted by molar-refractivity contribution is -0.384. The number of nitrogens with zero attached hydrogens (tertiary/aromatic N) is 4. The number of aromatic nitrogens is 2. The SMILES string of the molecule is O=c1[nH]c(C2=NCCCC2)nc2c1CN(Cc1ccc(-c3ccc(Cl)cc3[N+](=O)[O-])o1)CC2. The number of furan rings is 1. The van der Waals surface area contributed by atoms with Crippen LogP contribution in [0.25, 0.3) is 11.3 Å². The fraction of sp³-hybridized carbons (Fsp3) is 0.348. The molecule has 2 aromatic heterocycles. The number of aromatic amines is 1. The number of fused-ring (bicyclic) bond motifs is 1. The third-order valence-electron chi connectivity index (χ3n) is 6.01. The average Bonchev–Trinajstić information content (AvgIpc) is 3.28. The maximum Gasteiger partial charge on any atom is 0.281 e. The molecule has 0 saturated heterocycles. The molecule has 170 valence electrons. The van der Waals surface area contributed by atoms with Crippen LogP contribution in [0.5, 0.6) is 0 Å². The van der Waals surface area contributed by atoms with Gasteiger partial charge >= 0.3 is 0 Å². The van der Waals surface area contributed by atoms with E-state index in [1.165, 1.54) is 6.07 Å². The molecule has 0 unspecified atom stereocenters. The Bertz CT molecular complexity index is 1310. The van der Waals surface area contributed by atoms with Crippen molar-refractivity contribution in [3.8, 4) is 11.3 Å². The molecule has 0 aliphatic carbocycles. The van der Waals surface area contributed by atoms with Crippen molar-refractivity contribution in [2.45, 2.75) is 38.8 Å². The Balaban J connectivity index is 1.33. The summed E-state index contributed by atoms with van der Waals surface area (Å²) in [5, 5.41) is 11.7. The van der Waals surface area contributed by atoms with Gasteiger partial charge in [-0.15, -0.1) is 0 Å². The van der Waals surface area contributed by atoms with Crippen LogP contribution in [-0.4, -0.2) is 38.6 Å². The summed E-state index contributed by atoms with van der Waals surface area (Å²) in [6.07, 6.45) is 3.65. The van der Waals surface area contributed by atoms with Crippen molar-refractivity contribution in [2.24, 2.45) is 4.99 Å². The van der Waals surface area contributed by atoms with Gasteiger partial charge in [-0.1, -0.05) is 11.6 Å². The van der Waals surface area contributed by atoms with E-state index < -0.39 is 4.92 Å². The Kier molecular flexibility index (Phi) is 5.82. The fourth-order valence-corrected chi connectivity index (χ4v) is 4.50. The molecule has 2 aliphatic rings. The Morgan fingerprint density at radius 2 is 2.09 bits per heavy atom. The van der Waals surface area contributed by atoms with Gasteiger partial charge in [0.15, 0.2) is 5.82 Å². The first-order chi connectivity index (χ1) is 16.0. The van der Waals surface area contributed by atoms with Gasteiger partial charge in [0.05, 0.1) is 34.0 Å². The fourth-order valence-electron chi connectivity index (χ4n) is 4.34. The molecule has 0 spiro atoms. The number of hydrogen-bond donors (Lipinski definition) is 1. The molecule has 0 atom stereocenters. The lowest BCUT2D eigenvalue weighted by atomic mass is 10.1. The number of hydrogen-bond acceptors (Lipinski definition) is 7. The van der Waals surface area contributed by atoms with E-state index in [0.717, 1.165) is 43.8 Å². The molecule has 10 heteroatoms. The van der Waals surface area contributed by atoms with Crippen LogP contribution < -0.4 is 5.56 Å². The molecule has 1 N–H and O–H groups in total. The Hall–Kier alpha value is -3.30. The standard InChI is InChI=1S/C23H22ClN5O4/c24-14-4-6-16(20(11-14)29(31)32)21-7-5-15(33-21)12-28-10-8-18-17(13-28)23(30)27-22(26-18)19-3-1-2-9-25-19/h4-7,11H,1-3,8-10,12-13H2,(H,26,27,30). The number of benzene rings is 1. The third-order valence-corrected chi connectivity index (χ3v) is 6.24. The molecule has 0 radical (unpaired) electrons. The zero-order chi connectivity index (χ0) is 22.9. The molecule has 0 amide bonds. The minimum absolute atomic E-state index is 0.105. The number of aliphatic imine (C=N–C) groups is 1. The first kappa shape index (κ1) is 21.5. The van der Waals surface area contributed by atoms with Gasteiger partial charge in [0, 0.05) is 37.1 Å². The first-order valence-electron chi connectivity index (χ1n) is 10.9. The lowest BCUT2D eigenvalue weighted by Crippen LogP contribution is -2.36. The summed E-state index contributed by atoms with van der Waals surface area (Å²) in [6.45, 7) is 2.46. The van der Waals surface area contributed by atoms with Gasteiger partial charge in [0.25, 0.3) is 11.2 Å². The molecule has 0 saturated carbocycles. The number of nitro benzene ring substituents is 1. The van der Waals surface area contributed by atoms with Crippen LogP contribution in [0.15, 0.2) is 44.5 Å². The van der Waals surface area contributed by atoms with Crippen LogP contribution in [-0.2, 0) is 19.5 Å². The number of rotatable bonds is 5. The Morgan fingerprint density at radius 3 is 2.88 bits per heavy atom. The van der Waals surface area contributed by atoms with Gasteiger partial charge < -0.3 is 9.40 Å². The van der Waals surface area contributed by atoms with Crippen molar-refractivity contribution in [3.63, 3.8) is 0 Å². The van der Waals surface area contributed by atoms with Gasteiger partial charge in [0.2, 0.25) is 0 Å². The largest absolute Gasteiger partial charge is 0.459 e. The van der Waals surface area contributed by atoms with E-state index in [1.807, 2.05) is 0 Å². The molecule has 2 aliphatic heterocycles. The van der Waals surface area contributed by atoms with Crippen LogP contribution >= 0.6 is 11.6 Å². The monoisotopic (exact) mass is 467 g/mol. The first-order valence-corrected chi connectivity index (χ1v) is 11.3. The molecule has 1 aromatic carbocycles. The summed E-state index contributed by atoms with van der Waals surface area (Å²) in [5.74, 6) is 1.67. The number of H-pyrrole nitrogens is 1. The van der Waals surface area contributed by atoms with Gasteiger partial charge in [-0.2, -0.15) is 0 Å². The third kappa shape index (κ3) is 4.46. The van der Waals surface area contributed by atoms with Gasteiger partial charge in [0.1, 0.15) is 11.5 Å². The van der Waals surface area contributed by atoms with Crippen molar-refractivity contribution >= 4 is 23.0 Å². The van der Waals surface area contributed by atoms with E-state index in [2.05, 4.69) is 14.9 Å². The van der Waals surface area contributed by atoms with Crippen LogP contribution in [0.2, 0.25) is 5.02 Å². The normalized spacial score (nSPS) is 16.3. The molecule has 5 rings (SSSR count). The van der Waals surface area contributed by atoms with Gasteiger partial charge in [-0.3, -0.25) is 24.8 Å². The second kappa shape index (κ2) is 8.92. The highest BCUT2D eigenvalue weighted by Crippen LogP contribution is 2.33. The molecule has 9 nitrogen and oxygen atoms in total. The zero-order valence-electron chi connectivity index (χ0n) is 17.8. The van der Waals surface area contributed by atoms with Crippen molar-refractivity contribution < 1.29 is 9.34 Å². The van der Waals surface area contributed by atoms with Crippen molar-refractivity contribution in [1.82, 2.24) is 14.9 Å². The maximum atomic E-state index is 12.8. The van der Waals surface area contributed by atoms with E-state index in [-0.39, 0.29) is 11.2 Å². The number of nitrogens with one attached hydrogen (secondary N) is 1. The maximum absolute atomic E-state index is 12.8. The second-order valence-electron chi connectivity index (χ2n) is 8.27. The summed E-state index contributed by atoms with van der Waals surface area (Å²) < 4.78 is 5.91. The van der Waals surface area contributed by atoms with E-state index in [1.54, 1.807) is 24.3 Å². The smallest absolute Gasteiger partial charge is 0.281 e. The lowest BCUT2D eigenvalue weighted by Gasteiger charge is -2.27. The topological polar surface area (TPSA) is 118 Å². The van der Waals surface area contributed by atoms with Crippen molar-refractivity contribution in [1.29, 1.82) is 0 Å². The van der Waals surface area contributed by atoms with E-state index in [0.29, 0.717) is 53.0 Å². The van der Waals surface area contributed by atoms with Crippen molar-refractivity contribution in [3.05, 3.63) is 78.7 Å². The van der Waals surface area contributed by atoms with Crippen LogP contribution in [0.1, 0.15) is 42.1 Å². The van der Waals surface area contributed by atoms with Crippen molar-refractivity contribution in [2.75, 3.05) is 13.1 Å². The molecule has 3 aromatic rings. The minimum atomic E-state index is -0.475. The molecular weight excluding hydrogens is 446 g/mol. The quantitative estimate of drug-likeness (QED) is 0.445. The van der Waals surface area contributed by atoms with Crippen LogP contribution in [0.4, 0.5) is 5.69 Å². The van der Waals surface area contributed by atoms with Gasteiger partial charge in [-0.25, -0.2) is 4.98 Å². The van der Waals surface area contributed by atoms with E-state index >= 15 is 0 Å². The number of nitro groups is 1. The molecular formula is C23H22ClN5O4. The highest BCUT2D eigenvalue weighted by Gasteiger charge is 2.24. The van der Waals surface area contributed by atoms with E-state index in [9.17, 15) is 14.9 Å². The molecule has 0 fully saturated rings. The highest BCUT2D eigenvalue weighted by molar-refractivity contribution is 6.30. The average molecular weight is 468 g/mol.